The van der Waals surface area contributed by atoms with Gasteiger partial charge in [-0.15, -0.1) is 0 Å². The van der Waals surface area contributed by atoms with E-state index in [-0.39, 0.29) is 5.91 Å². The summed E-state index contributed by atoms with van der Waals surface area (Å²) in [5.41, 5.74) is 5.01. The molecule has 0 spiro atoms. The molecule has 9 nitrogen and oxygen atoms in total. The summed E-state index contributed by atoms with van der Waals surface area (Å²) in [6.45, 7) is 8.65. The highest BCUT2D eigenvalue weighted by atomic mass is 16.1. The Hall–Kier alpha value is -4.24. The second-order valence-electron chi connectivity index (χ2n) is 11.0. The van der Waals surface area contributed by atoms with E-state index in [1.807, 2.05) is 42.5 Å². The van der Waals surface area contributed by atoms with Gasteiger partial charge in [-0.1, -0.05) is 44.2 Å². The Morgan fingerprint density at radius 3 is 2.52 bits per heavy atom. The Labute approximate surface area is 235 Å². The molecule has 2 aromatic carbocycles. The summed E-state index contributed by atoms with van der Waals surface area (Å²) in [6, 6.07) is 19.9. The van der Waals surface area contributed by atoms with Crippen LogP contribution in [0.5, 0.6) is 0 Å². The number of nitrogens with one attached hydrogen (secondary N) is 3. The Bertz CT molecular complexity index is 1450. The molecule has 1 aliphatic carbocycles. The number of H-pyrrole nitrogens is 1. The van der Waals surface area contributed by atoms with Gasteiger partial charge in [0.1, 0.15) is 5.82 Å². The first-order valence-corrected chi connectivity index (χ1v) is 14.1. The number of hydrogen-bond acceptors (Lipinski definition) is 7. The number of hydrogen-bond donors (Lipinski definition) is 3. The zero-order valence-corrected chi connectivity index (χ0v) is 23.1. The molecule has 2 fully saturated rings. The van der Waals surface area contributed by atoms with Crippen molar-refractivity contribution in [2.75, 3.05) is 41.7 Å². The molecular formula is C31H36N8O. The minimum atomic E-state index is -0.0676. The third-order valence-corrected chi connectivity index (χ3v) is 7.61. The summed E-state index contributed by atoms with van der Waals surface area (Å²) in [4.78, 5) is 26.8. The number of rotatable bonds is 9. The van der Waals surface area contributed by atoms with Gasteiger partial charge >= 0.3 is 0 Å². The number of benzene rings is 2. The lowest BCUT2D eigenvalue weighted by Gasteiger charge is -2.34. The van der Waals surface area contributed by atoms with Gasteiger partial charge in [0.05, 0.1) is 0 Å². The van der Waals surface area contributed by atoms with Crippen molar-refractivity contribution < 1.29 is 4.79 Å². The lowest BCUT2D eigenvalue weighted by atomic mass is 9.97. The van der Waals surface area contributed by atoms with Crippen molar-refractivity contribution in [3.63, 3.8) is 0 Å². The van der Waals surface area contributed by atoms with E-state index in [9.17, 15) is 4.79 Å². The maximum absolute atomic E-state index is 12.9. The molecule has 6 rings (SSSR count). The molecule has 2 aromatic heterocycles. The lowest BCUT2D eigenvalue weighted by molar-refractivity contribution is 0.102. The van der Waals surface area contributed by atoms with Crippen LogP contribution >= 0.6 is 0 Å². The highest BCUT2D eigenvalue weighted by Crippen LogP contribution is 2.39. The zero-order chi connectivity index (χ0) is 27.5. The molecule has 3 heterocycles. The van der Waals surface area contributed by atoms with E-state index >= 15 is 0 Å². The fourth-order valence-corrected chi connectivity index (χ4v) is 5.17. The molecule has 40 heavy (non-hydrogen) atoms. The fraction of sp³-hybridized carbons (Fsp3) is 0.355. The van der Waals surface area contributed by atoms with Crippen LogP contribution in [0.4, 0.5) is 23.3 Å². The number of amides is 1. The maximum atomic E-state index is 12.9. The third kappa shape index (κ3) is 6.15. The zero-order valence-electron chi connectivity index (χ0n) is 23.1. The molecule has 0 atom stereocenters. The number of aromatic amines is 1. The van der Waals surface area contributed by atoms with Gasteiger partial charge < -0.3 is 15.5 Å². The normalized spacial score (nSPS) is 15.8. The predicted molar refractivity (Wildman–Crippen MR) is 158 cm³/mol. The molecule has 4 aromatic rings. The SMILES string of the molecule is CC(C)c1ccccc1C(=O)Nc1ccc(CN2CCN(c3nccc(Nc4cc(C5CC5)[nH]n4)n3)CC2)cc1. The summed E-state index contributed by atoms with van der Waals surface area (Å²) < 4.78 is 0. The van der Waals surface area contributed by atoms with Gasteiger partial charge in [0.15, 0.2) is 5.82 Å². The maximum Gasteiger partial charge on any atom is 0.255 e. The van der Waals surface area contributed by atoms with E-state index in [0.29, 0.717) is 11.8 Å². The standard InChI is InChI=1S/C31H36N8O/c1-21(2)25-5-3-4-6-26(25)30(40)33-24-11-7-22(8-12-24)20-38-15-17-39(18-16-38)31-32-14-13-28(35-31)34-29-19-27(36-37-29)23-9-10-23/h3-8,11-14,19,21,23H,9-10,15-18,20H2,1-2H3,(H,33,40)(H2,32,34,35,36,37). The number of carbonyl (C=O) groups is 1. The Morgan fingerprint density at radius 1 is 1.00 bits per heavy atom. The van der Waals surface area contributed by atoms with Gasteiger partial charge in [0.2, 0.25) is 5.95 Å². The summed E-state index contributed by atoms with van der Waals surface area (Å²) in [5.74, 6) is 3.14. The lowest BCUT2D eigenvalue weighted by Crippen LogP contribution is -2.46. The summed E-state index contributed by atoms with van der Waals surface area (Å²) >= 11 is 0. The highest BCUT2D eigenvalue weighted by molar-refractivity contribution is 6.05. The summed E-state index contributed by atoms with van der Waals surface area (Å²) in [6.07, 6.45) is 4.28. The van der Waals surface area contributed by atoms with E-state index in [2.05, 4.69) is 67.7 Å². The van der Waals surface area contributed by atoms with Gasteiger partial charge in [0, 0.05) is 67.8 Å². The highest BCUT2D eigenvalue weighted by Gasteiger charge is 2.25. The molecule has 0 unspecified atom stereocenters. The largest absolute Gasteiger partial charge is 0.338 e. The molecule has 206 valence electrons. The smallest absolute Gasteiger partial charge is 0.255 e. The molecule has 2 aliphatic rings. The van der Waals surface area contributed by atoms with Gasteiger partial charge in [-0.2, -0.15) is 10.1 Å². The Kier molecular flexibility index (Phi) is 7.46. The predicted octanol–water partition coefficient (Wildman–Crippen LogP) is 5.52. The van der Waals surface area contributed by atoms with E-state index in [0.717, 1.165) is 67.1 Å². The molecule has 1 saturated carbocycles. The van der Waals surface area contributed by atoms with Crippen molar-refractivity contribution in [3.05, 3.63) is 89.2 Å². The van der Waals surface area contributed by atoms with E-state index in [4.69, 9.17) is 4.98 Å². The first-order chi connectivity index (χ1) is 19.5. The number of carbonyl (C=O) groups excluding carboxylic acids is 1. The van der Waals surface area contributed by atoms with Crippen molar-refractivity contribution >= 4 is 29.2 Å². The average molecular weight is 537 g/mol. The second-order valence-corrected chi connectivity index (χ2v) is 11.0. The topological polar surface area (TPSA) is 102 Å². The molecule has 1 aliphatic heterocycles. The van der Waals surface area contributed by atoms with Crippen LogP contribution in [0.2, 0.25) is 0 Å². The Morgan fingerprint density at radius 2 is 1.77 bits per heavy atom. The van der Waals surface area contributed by atoms with Crippen LogP contribution < -0.4 is 15.5 Å². The van der Waals surface area contributed by atoms with Crippen molar-refractivity contribution in [1.82, 2.24) is 25.1 Å². The molecule has 0 radical (unpaired) electrons. The van der Waals surface area contributed by atoms with Crippen molar-refractivity contribution in [2.24, 2.45) is 0 Å². The second kappa shape index (κ2) is 11.5. The van der Waals surface area contributed by atoms with Crippen molar-refractivity contribution in [1.29, 1.82) is 0 Å². The first kappa shape index (κ1) is 26.0. The van der Waals surface area contributed by atoms with Crippen LogP contribution in [-0.4, -0.2) is 57.2 Å². The minimum Gasteiger partial charge on any atom is -0.338 e. The number of nitrogens with zero attached hydrogens (tertiary/aromatic N) is 5. The average Bonchev–Trinajstić information content (AvgIpc) is 3.73. The molecule has 3 N–H and O–H groups in total. The number of piperazine rings is 1. The van der Waals surface area contributed by atoms with Crippen LogP contribution in [0.25, 0.3) is 0 Å². The van der Waals surface area contributed by atoms with Crippen molar-refractivity contribution in [2.45, 2.75) is 45.1 Å². The van der Waals surface area contributed by atoms with Crippen LogP contribution in [0.1, 0.15) is 65.7 Å². The van der Waals surface area contributed by atoms with Crippen LogP contribution in [0.15, 0.2) is 66.9 Å². The monoisotopic (exact) mass is 536 g/mol. The van der Waals surface area contributed by atoms with Gasteiger partial charge in [-0.25, -0.2) is 4.98 Å². The van der Waals surface area contributed by atoms with Crippen molar-refractivity contribution in [3.8, 4) is 0 Å². The van der Waals surface area contributed by atoms with E-state index in [1.165, 1.54) is 24.1 Å². The molecule has 1 amide bonds. The summed E-state index contributed by atoms with van der Waals surface area (Å²) in [7, 11) is 0. The van der Waals surface area contributed by atoms with E-state index < -0.39 is 0 Å². The van der Waals surface area contributed by atoms with E-state index in [1.54, 1.807) is 6.20 Å². The van der Waals surface area contributed by atoms with Crippen LogP contribution in [-0.2, 0) is 6.54 Å². The van der Waals surface area contributed by atoms with Crippen LogP contribution in [0.3, 0.4) is 0 Å². The first-order valence-electron chi connectivity index (χ1n) is 14.1. The van der Waals surface area contributed by atoms with Crippen LogP contribution in [0, 0.1) is 0 Å². The van der Waals surface area contributed by atoms with Gasteiger partial charge in [-0.3, -0.25) is 14.8 Å². The van der Waals surface area contributed by atoms with Gasteiger partial charge in [0.25, 0.3) is 5.91 Å². The Balaban J connectivity index is 1.00. The minimum absolute atomic E-state index is 0.0676. The molecule has 1 saturated heterocycles. The summed E-state index contributed by atoms with van der Waals surface area (Å²) in [5, 5.41) is 13.9. The third-order valence-electron chi connectivity index (χ3n) is 7.61. The number of aromatic nitrogens is 4. The van der Waals surface area contributed by atoms with Gasteiger partial charge in [-0.05, 0) is 54.2 Å². The fourth-order valence-electron chi connectivity index (χ4n) is 5.17. The molecule has 9 heteroatoms. The molecular weight excluding hydrogens is 500 g/mol. The quantitative estimate of drug-likeness (QED) is 0.259. The number of anilines is 4. The molecule has 0 bridgehead atoms.